The number of carbonyl (C=O) groups excluding carboxylic acids is 2. The summed E-state index contributed by atoms with van der Waals surface area (Å²) >= 11 is 6.73. The smallest absolute Gasteiger partial charge is 0.322 e. The molecular formula is C30H37ClF2N2O3. The molecule has 1 aromatic carbocycles. The molecule has 5 aliphatic carbocycles. The first-order valence-corrected chi connectivity index (χ1v) is 14.1. The van der Waals surface area contributed by atoms with Crippen LogP contribution in [0, 0.1) is 28.6 Å². The maximum Gasteiger partial charge on any atom is 0.322 e. The molecular weight excluding hydrogens is 510 g/mol. The monoisotopic (exact) mass is 546 g/mol. The Balaban J connectivity index is 1.35. The van der Waals surface area contributed by atoms with Crippen molar-refractivity contribution in [1.29, 1.82) is 0 Å². The second-order valence-corrected chi connectivity index (χ2v) is 14.3. The van der Waals surface area contributed by atoms with E-state index in [-0.39, 0.29) is 23.5 Å². The van der Waals surface area contributed by atoms with Gasteiger partial charge in [-0.2, -0.15) is 0 Å². The van der Waals surface area contributed by atoms with Gasteiger partial charge in [-0.1, -0.05) is 58.4 Å². The number of nitrogens with zero attached hydrogens (tertiary/aromatic N) is 1. The molecule has 8 heteroatoms. The van der Waals surface area contributed by atoms with E-state index in [9.17, 15) is 18.4 Å². The number of fused-ring (bicyclic) bond motifs is 1. The van der Waals surface area contributed by atoms with Crippen LogP contribution < -0.4 is 5.32 Å². The highest BCUT2D eigenvalue weighted by molar-refractivity contribution is 6.31. The molecule has 38 heavy (non-hydrogen) atoms. The van der Waals surface area contributed by atoms with Crippen LogP contribution in [-0.2, 0) is 15.1 Å². The van der Waals surface area contributed by atoms with Crippen molar-refractivity contribution in [3.63, 3.8) is 0 Å². The first-order valence-electron chi connectivity index (χ1n) is 13.7. The van der Waals surface area contributed by atoms with Crippen LogP contribution in [0.3, 0.4) is 0 Å². The molecule has 0 spiro atoms. The third-order valence-corrected chi connectivity index (χ3v) is 10.9. The number of rotatable bonds is 4. The van der Waals surface area contributed by atoms with E-state index in [1.165, 1.54) is 7.11 Å². The summed E-state index contributed by atoms with van der Waals surface area (Å²) < 4.78 is 34.6. The standard InChI is InChI=1S/C30H37ClF2N2O3/c1-16-9-10-29(18-7-8-19(21(31)11-18)22-23(26(3,4)5)30(22,32)33)20(17(16)2)12-35(25(37)34-29)28-13-27(14-28,15-28)24(36)38-6/h7-8,11-12,16-17,22-23H,9-10,13-15H2,1-6H3,(H,34,37)/t16-,17+,22?,23?,27?,28?,29?/m0/s1. The van der Waals surface area contributed by atoms with E-state index < -0.39 is 34.1 Å². The van der Waals surface area contributed by atoms with Crippen LogP contribution in [0.25, 0.3) is 0 Å². The number of esters is 1. The molecule has 5 nitrogen and oxygen atoms in total. The van der Waals surface area contributed by atoms with Gasteiger partial charge in [0.25, 0.3) is 5.92 Å². The highest BCUT2D eigenvalue weighted by Gasteiger charge is 2.76. The number of amides is 2. The first-order chi connectivity index (χ1) is 17.6. The average Bonchev–Trinajstić information content (AvgIpc) is 3.37. The molecule has 0 saturated heterocycles. The Hall–Kier alpha value is -2.15. The molecule has 5 atom stereocenters. The Morgan fingerprint density at radius 1 is 1.18 bits per heavy atom. The van der Waals surface area contributed by atoms with E-state index >= 15 is 0 Å². The van der Waals surface area contributed by atoms with Crippen LogP contribution in [0.5, 0.6) is 0 Å². The van der Waals surface area contributed by atoms with Crippen molar-refractivity contribution in [2.45, 2.75) is 89.6 Å². The summed E-state index contributed by atoms with van der Waals surface area (Å²) in [4.78, 5) is 27.7. The summed E-state index contributed by atoms with van der Waals surface area (Å²) in [6.07, 6.45) is 5.50. The number of ether oxygens (including phenoxy) is 1. The van der Waals surface area contributed by atoms with Crippen LogP contribution in [0.15, 0.2) is 30.0 Å². The van der Waals surface area contributed by atoms with Gasteiger partial charge in [0.15, 0.2) is 0 Å². The van der Waals surface area contributed by atoms with E-state index in [0.717, 1.165) is 17.6 Å². The Kier molecular flexibility index (Phi) is 5.31. The Morgan fingerprint density at radius 3 is 2.39 bits per heavy atom. The Morgan fingerprint density at radius 2 is 1.84 bits per heavy atom. The number of halogens is 3. The summed E-state index contributed by atoms with van der Waals surface area (Å²) in [5.41, 5.74) is 0.357. The topological polar surface area (TPSA) is 58.6 Å². The molecule has 1 aliphatic heterocycles. The lowest BCUT2D eigenvalue weighted by molar-refractivity contribution is -0.218. The second kappa shape index (κ2) is 7.74. The summed E-state index contributed by atoms with van der Waals surface area (Å²) in [7, 11) is 1.41. The molecule has 2 amide bonds. The number of urea groups is 1. The minimum absolute atomic E-state index is 0.185. The summed E-state index contributed by atoms with van der Waals surface area (Å²) in [5, 5.41) is 3.67. The van der Waals surface area contributed by atoms with Crippen LogP contribution in [-0.4, -0.2) is 35.5 Å². The van der Waals surface area contributed by atoms with Crippen molar-refractivity contribution in [3.8, 4) is 0 Å². The predicted octanol–water partition coefficient (Wildman–Crippen LogP) is 7.00. The normalized spacial score (nSPS) is 40.7. The van der Waals surface area contributed by atoms with Gasteiger partial charge in [0.1, 0.15) is 0 Å². The maximum absolute atomic E-state index is 14.8. The number of benzene rings is 1. The van der Waals surface area contributed by atoms with Gasteiger partial charge in [-0.25, -0.2) is 13.6 Å². The van der Waals surface area contributed by atoms with Crippen molar-refractivity contribution < 1.29 is 23.1 Å². The fraction of sp³-hybridized carbons (Fsp3) is 0.667. The molecule has 2 bridgehead atoms. The quantitative estimate of drug-likeness (QED) is 0.414. The van der Waals surface area contributed by atoms with E-state index in [1.807, 2.05) is 37.9 Å². The maximum atomic E-state index is 14.8. The van der Waals surface area contributed by atoms with Gasteiger partial charge in [0, 0.05) is 17.1 Å². The predicted molar refractivity (Wildman–Crippen MR) is 141 cm³/mol. The Labute approximate surface area is 228 Å². The summed E-state index contributed by atoms with van der Waals surface area (Å²) in [5.74, 6) is -4.01. The van der Waals surface area contributed by atoms with Crippen LogP contribution in [0.4, 0.5) is 13.6 Å². The molecule has 5 fully saturated rings. The molecule has 206 valence electrons. The van der Waals surface area contributed by atoms with E-state index in [0.29, 0.717) is 42.2 Å². The molecule has 0 radical (unpaired) electrons. The van der Waals surface area contributed by atoms with Gasteiger partial charge < -0.3 is 10.1 Å². The van der Waals surface area contributed by atoms with Crippen LogP contribution in [0.2, 0.25) is 5.02 Å². The zero-order chi connectivity index (χ0) is 27.6. The van der Waals surface area contributed by atoms with Gasteiger partial charge >= 0.3 is 12.0 Å². The SMILES string of the molecule is COC(=O)C12CC(N3C=C4[C@H](C)[C@@H](C)CCC4(c4ccc(C5C(C(C)(C)C)C5(F)F)c(Cl)c4)NC3=O)(C1)C2. The minimum Gasteiger partial charge on any atom is -0.469 e. The number of nitrogens with one attached hydrogen (secondary N) is 1. The zero-order valence-corrected chi connectivity index (χ0v) is 23.7. The lowest BCUT2D eigenvalue weighted by atomic mass is 9.38. The van der Waals surface area contributed by atoms with Gasteiger partial charge in [-0.05, 0) is 72.1 Å². The van der Waals surface area contributed by atoms with Gasteiger partial charge in [-0.15, -0.1) is 0 Å². The number of carbonyl (C=O) groups is 2. The minimum atomic E-state index is -2.79. The fourth-order valence-corrected chi connectivity index (χ4v) is 8.63. The molecule has 5 saturated carbocycles. The van der Waals surface area contributed by atoms with Crippen LogP contribution in [0.1, 0.15) is 83.8 Å². The van der Waals surface area contributed by atoms with Crippen molar-refractivity contribution in [1.82, 2.24) is 10.2 Å². The van der Waals surface area contributed by atoms with E-state index in [1.54, 1.807) is 12.1 Å². The van der Waals surface area contributed by atoms with Gasteiger partial charge in [0.2, 0.25) is 0 Å². The largest absolute Gasteiger partial charge is 0.469 e. The molecule has 0 aromatic heterocycles. The third kappa shape index (κ3) is 3.26. The van der Waals surface area contributed by atoms with E-state index in [2.05, 4.69) is 19.2 Å². The third-order valence-electron chi connectivity index (χ3n) is 10.6. The Bertz CT molecular complexity index is 1250. The molecule has 6 aliphatic rings. The molecule has 3 unspecified atom stereocenters. The number of methoxy groups -OCH3 is 1. The number of hydrogen-bond donors (Lipinski definition) is 1. The number of hydrogen-bond acceptors (Lipinski definition) is 3. The zero-order valence-electron chi connectivity index (χ0n) is 23.0. The van der Waals surface area contributed by atoms with Gasteiger partial charge in [-0.3, -0.25) is 9.69 Å². The molecule has 1 heterocycles. The fourth-order valence-electron chi connectivity index (χ4n) is 8.33. The summed E-state index contributed by atoms with van der Waals surface area (Å²) in [6, 6.07) is 5.24. The van der Waals surface area contributed by atoms with Gasteiger partial charge in [0.05, 0.1) is 29.5 Å². The van der Waals surface area contributed by atoms with Crippen molar-refractivity contribution in [3.05, 3.63) is 46.1 Å². The van der Waals surface area contributed by atoms with Crippen LogP contribution >= 0.6 is 11.6 Å². The van der Waals surface area contributed by atoms with Crippen molar-refractivity contribution >= 4 is 23.6 Å². The number of alkyl halides is 2. The molecule has 7 rings (SSSR count). The average molecular weight is 547 g/mol. The molecule has 1 aromatic rings. The van der Waals surface area contributed by atoms with Crippen molar-refractivity contribution in [2.24, 2.45) is 28.6 Å². The summed E-state index contributed by atoms with van der Waals surface area (Å²) in [6.45, 7) is 9.94. The highest BCUT2D eigenvalue weighted by Crippen LogP contribution is 2.71. The van der Waals surface area contributed by atoms with E-state index in [4.69, 9.17) is 16.3 Å². The lowest BCUT2D eigenvalue weighted by Gasteiger charge is -2.71. The van der Waals surface area contributed by atoms with Crippen molar-refractivity contribution in [2.75, 3.05) is 7.11 Å². The highest BCUT2D eigenvalue weighted by atomic mass is 35.5. The molecule has 1 N–H and O–H groups in total. The first kappa shape index (κ1) is 26.1. The lowest BCUT2D eigenvalue weighted by Crippen LogP contribution is -2.79. The second-order valence-electron chi connectivity index (χ2n) is 13.9.